The van der Waals surface area contributed by atoms with Gasteiger partial charge in [0.25, 0.3) is 11.1 Å². The molecule has 0 radical (unpaired) electrons. The van der Waals surface area contributed by atoms with E-state index in [4.69, 9.17) is 0 Å². The maximum Gasteiger partial charge on any atom is 0.280 e. The van der Waals surface area contributed by atoms with Gasteiger partial charge in [0.05, 0.1) is 32.5 Å². The summed E-state index contributed by atoms with van der Waals surface area (Å²) in [6, 6.07) is 24.4. The second-order valence-electron chi connectivity index (χ2n) is 8.57. The Hall–Kier alpha value is -5.24. The molecular weight excluding hydrogens is 464 g/mol. The number of benzene rings is 3. The van der Waals surface area contributed by atoms with Crippen LogP contribution in [0.3, 0.4) is 0 Å². The van der Waals surface area contributed by atoms with Crippen molar-refractivity contribution in [3.8, 4) is 11.4 Å². The Balaban J connectivity index is 1.43. The SMILES string of the molecule is C=c1[nH]n(-c2ccccc2)c(=O)c1=CNc1ccc(C)c(NC=c2c(=C)[nH]n(-c3ccccc3)c2=O)c1. The zero-order chi connectivity index (χ0) is 25.9. The molecular formula is C29H26N6O2. The molecule has 184 valence electrons. The van der Waals surface area contributed by atoms with Crippen LogP contribution in [0.2, 0.25) is 0 Å². The highest BCUT2D eigenvalue weighted by Crippen LogP contribution is 2.20. The number of aryl methyl sites for hydroxylation is 1. The van der Waals surface area contributed by atoms with E-state index >= 15 is 0 Å². The van der Waals surface area contributed by atoms with Crippen LogP contribution in [0.1, 0.15) is 5.56 Å². The molecule has 0 saturated heterocycles. The minimum absolute atomic E-state index is 0.200. The van der Waals surface area contributed by atoms with E-state index in [0.29, 0.717) is 21.1 Å². The van der Waals surface area contributed by atoms with E-state index in [1.54, 1.807) is 12.4 Å². The highest BCUT2D eigenvalue weighted by molar-refractivity contribution is 5.68. The molecule has 0 spiro atoms. The van der Waals surface area contributed by atoms with Gasteiger partial charge in [-0.05, 0) is 48.9 Å². The summed E-state index contributed by atoms with van der Waals surface area (Å²) >= 11 is 0. The summed E-state index contributed by atoms with van der Waals surface area (Å²) in [5.74, 6) is 0. The summed E-state index contributed by atoms with van der Waals surface area (Å²) in [5, 5.41) is 14.3. The van der Waals surface area contributed by atoms with Crippen LogP contribution in [0, 0.1) is 6.92 Å². The number of hydrogen-bond acceptors (Lipinski definition) is 4. The van der Waals surface area contributed by atoms with Gasteiger partial charge in [-0.15, -0.1) is 0 Å². The lowest BCUT2D eigenvalue weighted by molar-refractivity contribution is 0.838. The molecule has 8 nitrogen and oxygen atoms in total. The van der Waals surface area contributed by atoms with Crippen molar-refractivity contribution in [1.29, 1.82) is 0 Å². The molecule has 37 heavy (non-hydrogen) atoms. The Kier molecular flexibility index (Phi) is 6.22. The third-order valence-electron chi connectivity index (χ3n) is 6.03. The third-order valence-corrected chi connectivity index (χ3v) is 6.03. The molecule has 0 aliphatic carbocycles. The molecule has 0 amide bonds. The largest absolute Gasteiger partial charge is 0.361 e. The summed E-state index contributed by atoms with van der Waals surface area (Å²) < 4.78 is 2.92. The Bertz CT molecular complexity index is 1910. The lowest BCUT2D eigenvalue weighted by atomic mass is 10.2. The fraction of sp³-hybridized carbons (Fsp3) is 0.0345. The van der Waals surface area contributed by atoms with E-state index in [9.17, 15) is 9.59 Å². The molecule has 0 bridgehead atoms. The van der Waals surface area contributed by atoms with E-state index < -0.39 is 0 Å². The molecule has 5 rings (SSSR count). The molecule has 0 saturated carbocycles. The zero-order valence-electron chi connectivity index (χ0n) is 20.3. The van der Waals surface area contributed by atoms with E-state index in [2.05, 4.69) is 34.0 Å². The lowest BCUT2D eigenvalue weighted by Crippen LogP contribution is -2.35. The molecule has 2 aromatic heterocycles. The van der Waals surface area contributed by atoms with Crippen molar-refractivity contribution in [3.05, 3.63) is 126 Å². The van der Waals surface area contributed by atoms with Crippen molar-refractivity contribution in [3.63, 3.8) is 0 Å². The minimum atomic E-state index is -0.201. The predicted octanol–water partition coefficient (Wildman–Crippen LogP) is 1.47. The van der Waals surface area contributed by atoms with Crippen LogP contribution in [0.4, 0.5) is 11.4 Å². The first-order valence-electron chi connectivity index (χ1n) is 11.7. The molecule has 0 unspecified atom stereocenters. The summed E-state index contributed by atoms with van der Waals surface area (Å²) in [4.78, 5) is 25.9. The van der Waals surface area contributed by atoms with Gasteiger partial charge in [-0.1, -0.05) is 55.6 Å². The Labute approximate surface area is 211 Å². The van der Waals surface area contributed by atoms with Gasteiger partial charge in [0.2, 0.25) is 0 Å². The monoisotopic (exact) mass is 490 g/mol. The maximum atomic E-state index is 13.0. The van der Waals surface area contributed by atoms with E-state index in [0.717, 1.165) is 28.3 Å². The van der Waals surface area contributed by atoms with Gasteiger partial charge in [0.1, 0.15) is 0 Å². The van der Waals surface area contributed by atoms with Crippen LogP contribution < -0.4 is 42.9 Å². The van der Waals surface area contributed by atoms with Gasteiger partial charge < -0.3 is 10.6 Å². The average molecular weight is 491 g/mol. The van der Waals surface area contributed by atoms with Gasteiger partial charge in [-0.2, -0.15) is 0 Å². The number of para-hydroxylation sites is 2. The molecule has 0 fully saturated rings. The number of anilines is 2. The van der Waals surface area contributed by atoms with Gasteiger partial charge in [0, 0.05) is 23.8 Å². The number of nitrogens with one attached hydrogen (secondary N) is 4. The average Bonchev–Trinajstić information content (AvgIpc) is 3.37. The number of rotatable bonds is 6. The quantitative estimate of drug-likeness (QED) is 0.290. The molecule has 8 heteroatoms. The van der Waals surface area contributed by atoms with Gasteiger partial charge in [-0.25, -0.2) is 9.36 Å². The fourth-order valence-corrected chi connectivity index (χ4v) is 3.98. The van der Waals surface area contributed by atoms with Crippen LogP contribution >= 0.6 is 0 Å². The van der Waals surface area contributed by atoms with Crippen LogP contribution in [0.5, 0.6) is 0 Å². The molecule has 0 atom stereocenters. The lowest BCUT2D eigenvalue weighted by Gasteiger charge is -2.08. The number of aromatic amines is 2. The van der Waals surface area contributed by atoms with Crippen molar-refractivity contribution in [1.82, 2.24) is 19.6 Å². The summed E-state index contributed by atoms with van der Waals surface area (Å²) in [6.07, 6.45) is 3.28. The van der Waals surface area contributed by atoms with Gasteiger partial charge in [0.15, 0.2) is 0 Å². The molecule has 4 N–H and O–H groups in total. The summed E-state index contributed by atoms with van der Waals surface area (Å²) in [7, 11) is 0. The minimum Gasteiger partial charge on any atom is -0.361 e. The highest BCUT2D eigenvalue weighted by atomic mass is 16.1. The van der Waals surface area contributed by atoms with Crippen molar-refractivity contribution >= 4 is 36.9 Å². The Morgan fingerprint density at radius 3 is 1.70 bits per heavy atom. The van der Waals surface area contributed by atoms with Crippen molar-refractivity contribution in [2.24, 2.45) is 0 Å². The predicted molar refractivity (Wildman–Crippen MR) is 150 cm³/mol. The third kappa shape index (κ3) is 4.68. The Morgan fingerprint density at radius 2 is 1.19 bits per heavy atom. The molecule has 2 heterocycles. The first-order chi connectivity index (χ1) is 17.9. The Morgan fingerprint density at radius 1 is 0.703 bits per heavy atom. The zero-order valence-corrected chi connectivity index (χ0v) is 20.3. The van der Waals surface area contributed by atoms with Crippen molar-refractivity contribution < 1.29 is 0 Å². The fourth-order valence-electron chi connectivity index (χ4n) is 3.98. The highest BCUT2D eigenvalue weighted by Gasteiger charge is 2.06. The van der Waals surface area contributed by atoms with E-state index in [1.165, 1.54) is 9.36 Å². The van der Waals surface area contributed by atoms with Crippen molar-refractivity contribution in [2.45, 2.75) is 6.92 Å². The van der Waals surface area contributed by atoms with Gasteiger partial charge >= 0.3 is 0 Å². The van der Waals surface area contributed by atoms with Gasteiger partial charge in [-0.3, -0.25) is 19.8 Å². The topological polar surface area (TPSA) is 99.6 Å². The maximum absolute atomic E-state index is 13.0. The van der Waals surface area contributed by atoms with E-state index in [-0.39, 0.29) is 11.1 Å². The van der Waals surface area contributed by atoms with E-state index in [1.807, 2.05) is 85.8 Å². The molecule has 0 aliphatic heterocycles. The van der Waals surface area contributed by atoms with Crippen LogP contribution in [-0.2, 0) is 0 Å². The summed E-state index contributed by atoms with van der Waals surface area (Å²) in [6.45, 7) is 9.91. The summed E-state index contributed by atoms with van der Waals surface area (Å²) in [5.41, 5.74) is 3.61. The van der Waals surface area contributed by atoms with Crippen LogP contribution in [-0.4, -0.2) is 19.6 Å². The molecule has 3 aromatic carbocycles. The number of nitrogens with zero attached hydrogens (tertiary/aromatic N) is 2. The van der Waals surface area contributed by atoms with Crippen LogP contribution in [0.15, 0.2) is 88.5 Å². The number of H-pyrrole nitrogens is 2. The second-order valence-corrected chi connectivity index (χ2v) is 8.57. The molecule has 5 aromatic rings. The number of hydrogen-bond donors (Lipinski definition) is 4. The van der Waals surface area contributed by atoms with Crippen molar-refractivity contribution in [2.75, 3.05) is 10.6 Å². The normalized spacial score (nSPS) is 12.1. The first kappa shape index (κ1) is 23.5. The second kappa shape index (κ2) is 9.79. The first-order valence-corrected chi connectivity index (χ1v) is 11.7. The standard InChI is InChI=1S/C29H26N6O2/c1-19-14-15-22(30-17-25-20(2)32-34(28(25)36)23-10-6-4-7-11-23)16-27(19)31-18-26-21(3)33-35(29(26)37)24-12-8-5-9-13-24/h4-18,30-33H,2-3H2,1H3. The smallest absolute Gasteiger partial charge is 0.280 e. The van der Waals surface area contributed by atoms with Crippen LogP contribution in [0.25, 0.3) is 36.9 Å². The number of aromatic nitrogens is 4. The molecule has 0 aliphatic rings.